The molecule has 6 rings (SSSR count). The Morgan fingerprint density at radius 2 is 1.87 bits per heavy atom. The van der Waals surface area contributed by atoms with Gasteiger partial charge in [0, 0.05) is 49.7 Å². The van der Waals surface area contributed by atoms with Gasteiger partial charge in [0.25, 0.3) is 11.8 Å². The quantitative estimate of drug-likeness (QED) is 0.337. The number of amides is 3. The summed E-state index contributed by atoms with van der Waals surface area (Å²) in [5, 5.41) is 7.32. The van der Waals surface area contributed by atoms with Crippen LogP contribution in [0.5, 0.6) is 17.2 Å². The molecule has 4 bridgehead atoms. The van der Waals surface area contributed by atoms with E-state index >= 15 is 0 Å². The first-order valence-corrected chi connectivity index (χ1v) is 15.8. The number of rotatable bonds is 5. The molecule has 3 heterocycles. The summed E-state index contributed by atoms with van der Waals surface area (Å²) >= 11 is 0. The van der Waals surface area contributed by atoms with E-state index < -0.39 is 6.10 Å². The van der Waals surface area contributed by atoms with Crippen LogP contribution in [0, 0.1) is 5.92 Å². The number of nitrogens with zero attached hydrogens (tertiary/aromatic N) is 4. The number of hydrogen-bond acceptors (Lipinski definition) is 7. The molecule has 2 aliphatic rings. The van der Waals surface area contributed by atoms with Crippen molar-refractivity contribution in [3.05, 3.63) is 102 Å². The summed E-state index contributed by atoms with van der Waals surface area (Å²) in [7, 11) is 1.59. The molecule has 11 nitrogen and oxygen atoms in total. The number of piperidine rings is 1. The number of likely N-dealkylation sites (N-methyl/N-ethyl adjacent to an activating group) is 1. The van der Waals surface area contributed by atoms with Gasteiger partial charge in [-0.15, -0.1) is 0 Å². The predicted molar refractivity (Wildman–Crippen MR) is 175 cm³/mol. The second-order valence-corrected chi connectivity index (χ2v) is 12.4. The highest BCUT2D eigenvalue weighted by molar-refractivity contribution is 5.97. The van der Waals surface area contributed by atoms with Gasteiger partial charge in [0.05, 0.1) is 37.6 Å². The van der Waals surface area contributed by atoms with Crippen molar-refractivity contribution in [1.82, 2.24) is 24.9 Å². The van der Waals surface area contributed by atoms with Crippen LogP contribution in [-0.2, 0) is 16.1 Å². The zero-order valence-electron chi connectivity index (χ0n) is 26.8. The average molecular weight is 638 g/mol. The fraction of sp³-hybridized carbons (Fsp3) is 0.333. The van der Waals surface area contributed by atoms with Crippen molar-refractivity contribution in [3.63, 3.8) is 0 Å². The topological polar surface area (TPSA) is 115 Å². The summed E-state index contributed by atoms with van der Waals surface area (Å²) in [6.07, 6.45) is 3.56. The van der Waals surface area contributed by atoms with Gasteiger partial charge in [-0.05, 0) is 72.5 Å². The normalized spacial score (nSPS) is 18.7. The molecule has 2 atom stereocenters. The molecule has 1 N–H and O–H groups in total. The van der Waals surface area contributed by atoms with E-state index in [1.54, 1.807) is 53.2 Å². The number of carbonyl (C=O) groups excluding carboxylic acids is 3. The Morgan fingerprint density at radius 1 is 1.04 bits per heavy atom. The van der Waals surface area contributed by atoms with Crippen molar-refractivity contribution in [1.29, 1.82) is 0 Å². The molecule has 0 saturated carbocycles. The Morgan fingerprint density at radius 3 is 2.64 bits per heavy atom. The van der Waals surface area contributed by atoms with Crippen LogP contribution in [0.4, 0.5) is 0 Å². The predicted octanol–water partition coefficient (Wildman–Crippen LogP) is 4.70. The summed E-state index contributed by atoms with van der Waals surface area (Å²) in [4.78, 5) is 43.5. The van der Waals surface area contributed by atoms with Crippen molar-refractivity contribution in [3.8, 4) is 22.9 Å². The first kappa shape index (κ1) is 31.8. The standard InChI is InChI=1S/C36H39N5O6/c1-24(2)22-45-30-17-27-18-31(19-30)47-29-7-4-6-25(16-29)23-46-33-20-40(15-12-32(33)38-34(42)21-39(3)35(27)43)36(44)26-8-10-28(11-9-26)41-14-5-13-37-41/h4-11,13-14,16-19,24,32-33H,12,15,20-23H2,1-3H3,(H,38,42)/t32-,33-/m0/s1. The highest BCUT2D eigenvalue weighted by Gasteiger charge is 2.34. The van der Waals surface area contributed by atoms with Crippen LogP contribution < -0.4 is 14.8 Å². The molecule has 2 aliphatic heterocycles. The Labute approximate surface area is 274 Å². The van der Waals surface area contributed by atoms with E-state index in [2.05, 4.69) is 10.4 Å². The first-order valence-electron chi connectivity index (χ1n) is 15.8. The molecular formula is C36H39N5O6. The lowest BCUT2D eigenvalue weighted by Gasteiger charge is -2.39. The Kier molecular flexibility index (Phi) is 9.53. The number of likely N-dealkylation sites (tertiary alicyclic amines) is 1. The molecule has 4 aromatic rings. The molecule has 1 saturated heterocycles. The maximum absolute atomic E-state index is 13.6. The lowest BCUT2D eigenvalue weighted by molar-refractivity contribution is -0.124. The number of carbonyl (C=O) groups is 3. The second kappa shape index (κ2) is 14.1. The molecule has 1 aromatic heterocycles. The Bertz CT molecular complexity index is 1720. The van der Waals surface area contributed by atoms with Crippen LogP contribution in [0.2, 0.25) is 0 Å². The molecule has 3 aromatic carbocycles. The lowest BCUT2D eigenvalue weighted by atomic mass is 10.00. The highest BCUT2D eigenvalue weighted by Crippen LogP contribution is 2.30. The Balaban J connectivity index is 1.23. The van der Waals surface area contributed by atoms with Gasteiger partial charge < -0.3 is 29.3 Å². The van der Waals surface area contributed by atoms with Crippen molar-refractivity contribution in [2.45, 2.75) is 39.0 Å². The summed E-state index contributed by atoms with van der Waals surface area (Å²) in [5.41, 5.74) is 2.63. The van der Waals surface area contributed by atoms with Crippen LogP contribution in [0.15, 0.2) is 85.2 Å². The maximum Gasteiger partial charge on any atom is 0.254 e. The molecule has 0 radical (unpaired) electrons. The smallest absolute Gasteiger partial charge is 0.254 e. The fourth-order valence-electron chi connectivity index (χ4n) is 5.69. The molecule has 0 spiro atoms. The number of nitrogens with one attached hydrogen (secondary N) is 1. The zero-order valence-corrected chi connectivity index (χ0v) is 26.8. The number of benzene rings is 3. The minimum absolute atomic E-state index is 0.115. The van der Waals surface area contributed by atoms with Gasteiger partial charge in [0.2, 0.25) is 5.91 Å². The monoisotopic (exact) mass is 637 g/mol. The second-order valence-electron chi connectivity index (χ2n) is 12.4. The SMILES string of the molecule is CC(C)COc1cc2cc(c1)C(=O)N(C)CC(=O)N[C@H]1CCN(C(=O)c3ccc(-n4cccn4)cc3)C[C@@H]1OCc1cccc(c1)O2. The molecular weight excluding hydrogens is 598 g/mol. The molecule has 244 valence electrons. The third kappa shape index (κ3) is 7.81. The minimum atomic E-state index is -0.480. The third-order valence-electron chi connectivity index (χ3n) is 8.11. The van der Waals surface area contributed by atoms with E-state index in [1.165, 1.54) is 4.90 Å². The number of hydrogen-bond donors (Lipinski definition) is 1. The van der Waals surface area contributed by atoms with Gasteiger partial charge in [-0.3, -0.25) is 14.4 Å². The van der Waals surface area contributed by atoms with E-state index in [0.717, 1.165) is 11.3 Å². The summed E-state index contributed by atoms with van der Waals surface area (Å²) < 4.78 is 20.3. The van der Waals surface area contributed by atoms with Gasteiger partial charge >= 0.3 is 0 Å². The number of fused-ring (bicyclic) bond motifs is 5. The van der Waals surface area contributed by atoms with Crippen molar-refractivity contribution in [2.24, 2.45) is 5.92 Å². The van der Waals surface area contributed by atoms with E-state index in [9.17, 15) is 14.4 Å². The lowest BCUT2D eigenvalue weighted by Crippen LogP contribution is -2.57. The van der Waals surface area contributed by atoms with Gasteiger partial charge in [-0.25, -0.2) is 4.68 Å². The Hall–Kier alpha value is -5.16. The van der Waals surface area contributed by atoms with E-state index in [-0.39, 0.29) is 36.9 Å². The molecule has 3 amide bonds. The number of aromatic nitrogens is 2. The summed E-state index contributed by atoms with van der Waals surface area (Å²) in [6, 6.07) is 21.4. The van der Waals surface area contributed by atoms with E-state index in [1.807, 2.05) is 62.5 Å². The van der Waals surface area contributed by atoms with Crippen LogP contribution >= 0.6 is 0 Å². The highest BCUT2D eigenvalue weighted by atomic mass is 16.5. The molecule has 47 heavy (non-hydrogen) atoms. The van der Waals surface area contributed by atoms with Crippen LogP contribution in [0.3, 0.4) is 0 Å². The molecule has 0 unspecified atom stereocenters. The van der Waals surface area contributed by atoms with Gasteiger partial charge in [-0.1, -0.05) is 26.0 Å². The third-order valence-corrected chi connectivity index (χ3v) is 8.11. The minimum Gasteiger partial charge on any atom is -0.493 e. The van der Waals surface area contributed by atoms with Crippen molar-refractivity contribution < 1.29 is 28.6 Å². The largest absolute Gasteiger partial charge is 0.493 e. The van der Waals surface area contributed by atoms with Gasteiger partial charge in [0.1, 0.15) is 17.2 Å². The van der Waals surface area contributed by atoms with Crippen molar-refractivity contribution >= 4 is 17.7 Å². The van der Waals surface area contributed by atoms with Gasteiger partial charge in [-0.2, -0.15) is 5.10 Å². The van der Waals surface area contributed by atoms with Gasteiger partial charge in [0.15, 0.2) is 0 Å². The average Bonchev–Trinajstić information content (AvgIpc) is 3.61. The van der Waals surface area contributed by atoms with Crippen LogP contribution in [0.25, 0.3) is 5.69 Å². The number of ether oxygens (including phenoxy) is 3. The van der Waals surface area contributed by atoms with Crippen LogP contribution in [-0.4, -0.2) is 82.7 Å². The summed E-state index contributed by atoms with van der Waals surface area (Å²) in [5.74, 6) is 1.05. The maximum atomic E-state index is 13.6. The summed E-state index contributed by atoms with van der Waals surface area (Å²) in [6.45, 7) is 5.39. The first-order chi connectivity index (χ1) is 22.7. The fourth-order valence-corrected chi connectivity index (χ4v) is 5.69. The molecule has 1 fully saturated rings. The van der Waals surface area contributed by atoms with Crippen molar-refractivity contribution in [2.75, 3.05) is 33.3 Å². The molecule has 11 heteroatoms. The molecule has 0 aliphatic carbocycles. The van der Waals surface area contributed by atoms with E-state index in [4.69, 9.17) is 14.2 Å². The van der Waals surface area contributed by atoms with Crippen LogP contribution in [0.1, 0.15) is 46.5 Å². The zero-order chi connectivity index (χ0) is 32.9. The van der Waals surface area contributed by atoms with E-state index in [0.29, 0.717) is 60.4 Å².